The van der Waals surface area contributed by atoms with Crippen LogP contribution in [0.5, 0.6) is 0 Å². The normalized spacial score (nSPS) is 11.1. The number of aromatic nitrogens is 1. The van der Waals surface area contributed by atoms with Crippen LogP contribution in [-0.2, 0) is 6.54 Å². The molecule has 0 saturated carbocycles. The van der Waals surface area contributed by atoms with Crippen molar-refractivity contribution in [1.82, 2.24) is 9.88 Å². The summed E-state index contributed by atoms with van der Waals surface area (Å²) in [4.78, 5) is 8.64. The van der Waals surface area contributed by atoms with Gasteiger partial charge in [-0.05, 0) is 20.5 Å². The number of hydrogen-bond donors (Lipinski definition) is 1. The molecular formula is C11H22N4O. The monoisotopic (exact) mass is 226 g/mol. The maximum atomic E-state index is 5.51. The van der Waals surface area contributed by atoms with Crippen molar-refractivity contribution < 1.29 is 4.42 Å². The zero-order valence-electron chi connectivity index (χ0n) is 10.4. The summed E-state index contributed by atoms with van der Waals surface area (Å²) in [6.45, 7) is 5.44. The highest BCUT2D eigenvalue weighted by molar-refractivity contribution is 5.26. The molecule has 0 bridgehead atoms. The van der Waals surface area contributed by atoms with Gasteiger partial charge in [-0.15, -0.1) is 0 Å². The van der Waals surface area contributed by atoms with Crippen LogP contribution >= 0.6 is 0 Å². The van der Waals surface area contributed by atoms with Crippen molar-refractivity contribution in [1.29, 1.82) is 0 Å². The van der Waals surface area contributed by atoms with Gasteiger partial charge in [0.2, 0.25) is 0 Å². The summed E-state index contributed by atoms with van der Waals surface area (Å²) in [6.07, 6.45) is 2.71. The summed E-state index contributed by atoms with van der Waals surface area (Å²) in [5.41, 5.74) is 6.32. The Labute approximate surface area is 97.2 Å². The summed E-state index contributed by atoms with van der Waals surface area (Å²) >= 11 is 0. The Kier molecular flexibility index (Phi) is 5.28. The lowest BCUT2D eigenvalue weighted by Crippen LogP contribution is -2.32. The number of nitrogens with zero attached hydrogens (tertiary/aromatic N) is 3. The van der Waals surface area contributed by atoms with Gasteiger partial charge in [-0.2, -0.15) is 4.98 Å². The van der Waals surface area contributed by atoms with Crippen molar-refractivity contribution in [2.75, 3.05) is 38.6 Å². The summed E-state index contributed by atoms with van der Waals surface area (Å²) in [7, 11) is 4.12. The summed E-state index contributed by atoms with van der Waals surface area (Å²) < 4.78 is 5.42. The van der Waals surface area contributed by atoms with E-state index in [1.165, 1.54) is 0 Å². The Morgan fingerprint density at radius 3 is 2.56 bits per heavy atom. The summed E-state index contributed by atoms with van der Waals surface area (Å²) in [5.74, 6) is 0. The van der Waals surface area contributed by atoms with Crippen molar-refractivity contribution in [3.63, 3.8) is 0 Å². The number of hydrogen-bond acceptors (Lipinski definition) is 5. The van der Waals surface area contributed by atoms with Crippen molar-refractivity contribution in [3.8, 4) is 0 Å². The molecule has 1 aromatic heterocycles. The van der Waals surface area contributed by atoms with E-state index in [0.29, 0.717) is 12.6 Å². The van der Waals surface area contributed by atoms with Gasteiger partial charge >= 0.3 is 0 Å². The minimum Gasteiger partial charge on any atom is -0.432 e. The fourth-order valence-electron chi connectivity index (χ4n) is 1.43. The van der Waals surface area contributed by atoms with Crippen LogP contribution in [0.1, 0.15) is 19.0 Å². The Morgan fingerprint density at radius 2 is 2.06 bits per heavy atom. The molecule has 0 unspecified atom stereocenters. The minimum absolute atomic E-state index is 0.428. The van der Waals surface area contributed by atoms with E-state index in [1.54, 1.807) is 6.26 Å². The molecule has 0 aromatic carbocycles. The lowest BCUT2D eigenvalue weighted by atomic mass is 10.4. The lowest BCUT2D eigenvalue weighted by molar-refractivity contribution is 0.405. The van der Waals surface area contributed by atoms with Gasteiger partial charge in [0.1, 0.15) is 6.26 Å². The highest BCUT2D eigenvalue weighted by atomic mass is 16.4. The molecule has 0 aliphatic heterocycles. The molecule has 0 amide bonds. The molecule has 1 aromatic rings. The van der Waals surface area contributed by atoms with E-state index in [2.05, 4.69) is 35.8 Å². The number of oxazole rings is 1. The first-order valence-electron chi connectivity index (χ1n) is 5.71. The molecule has 5 heteroatoms. The number of anilines is 1. The van der Waals surface area contributed by atoms with Crippen molar-refractivity contribution in [2.24, 2.45) is 5.73 Å². The van der Waals surface area contributed by atoms with Crippen LogP contribution in [0.4, 0.5) is 6.01 Å². The quantitative estimate of drug-likeness (QED) is 0.749. The second-order valence-corrected chi connectivity index (χ2v) is 4.12. The van der Waals surface area contributed by atoms with Gasteiger partial charge in [0.15, 0.2) is 0 Å². The van der Waals surface area contributed by atoms with Gasteiger partial charge in [-0.25, -0.2) is 0 Å². The van der Waals surface area contributed by atoms with Crippen LogP contribution in [0.15, 0.2) is 10.7 Å². The van der Waals surface area contributed by atoms with E-state index in [1.807, 2.05) is 0 Å². The topological polar surface area (TPSA) is 58.5 Å². The van der Waals surface area contributed by atoms with Crippen LogP contribution in [0, 0.1) is 0 Å². The molecule has 16 heavy (non-hydrogen) atoms. The zero-order valence-corrected chi connectivity index (χ0v) is 10.4. The molecular weight excluding hydrogens is 204 g/mol. The summed E-state index contributed by atoms with van der Waals surface area (Å²) in [6, 6.07) is 0.684. The SMILES string of the molecule is CCCN(CCN(C)C)c1nc(CN)co1. The van der Waals surface area contributed by atoms with Gasteiger partial charge in [0.25, 0.3) is 6.01 Å². The Bertz CT molecular complexity index is 298. The Hall–Kier alpha value is -1.07. The van der Waals surface area contributed by atoms with Crippen molar-refractivity contribution in [3.05, 3.63) is 12.0 Å². The fraction of sp³-hybridized carbons (Fsp3) is 0.727. The van der Waals surface area contributed by atoms with Crippen LogP contribution in [0.3, 0.4) is 0 Å². The first-order chi connectivity index (χ1) is 7.67. The Morgan fingerprint density at radius 1 is 1.31 bits per heavy atom. The molecule has 0 atom stereocenters. The molecule has 1 heterocycles. The maximum Gasteiger partial charge on any atom is 0.297 e. The van der Waals surface area contributed by atoms with Crippen LogP contribution in [0.25, 0.3) is 0 Å². The van der Waals surface area contributed by atoms with E-state index >= 15 is 0 Å². The molecule has 92 valence electrons. The third-order valence-electron chi connectivity index (χ3n) is 2.33. The minimum atomic E-state index is 0.428. The van der Waals surface area contributed by atoms with Gasteiger partial charge < -0.3 is 20.0 Å². The van der Waals surface area contributed by atoms with Crippen molar-refractivity contribution >= 4 is 6.01 Å². The second-order valence-electron chi connectivity index (χ2n) is 4.12. The van der Waals surface area contributed by atoms with E-state index < -0.39 is 0 Å². The average molecular weight is 226 g/mol. The molecule has 1 rings (SSSR count). The van der Waals surface area contributed by atoms with Crippen molar-refractivity contribution in [2.45, 2.75) is 19.9 Å². The molecule has 0 spiro atoms. The van der Waals surface area contributed by atoms with Crippen LogP contribution in [0.2, 0.25) is 0 Å². The zero-order chi connectivity index (χ0) is 12.0. The number of rotatable bonds is 7. The molecule has 0 saturated heterocycles. The lowest BCUT2D eigenvalue weighted by Gasteiger charge is -2.21. The highest BCUT2D eigenvalue weighted by Crippen LogP contribution is 2.13. The van der Waals surface area contributed by atoms with Gasteiger partial charge in [-0.1, -0.05) is 6.92 Å². The standard InChI is InChI=1S/C11H22N4O/c1-4-5-15(7-6-14(2)3)11-13-10(8-12)9-16-11/h9H,4-8,12H2,1-3H3. The first kappa shape index (κ1) is 13.0. The maximum absolute atomic E-state index is 5.51. The molecule has 0 radical (unpaired) electrons. The van der Waals surface area contributed by atoms with E-state index in [-0.39, 0.29) is 0 Å². The molecule has 0 aliphatic rings. The van der Waals surface area contributed by atoms with Gasteiger partial charge in [0, 0.05) is 26.2 Å². The largest absolute Gasteiger partial charge is 0.432 e. The Balaban J connectivity index is 2.60. The average Bonchev–Trinajstić information content (AvgIpc) is 2.72. The molecule has 0 aliphatic carbocycles. The van der Waals surface area contributed by atoms with E-state index in [0.717, 1.165) is 31.7 Å². The smallest absolute Gasteiger partial charge is 0.297 e. The third kappa shape index (κ3) is 3.83. The number of nitrogens with two attached hydrogens (primary N) is 1. The van der Waals surface area contributed by atoms with Crippen LogP contribution < -0.4 is 10.6 Å². The second kappa shape index (κ2) is 6.50. The van der Waals surface area contributed by atoms with Crippen LogP contribution in [-0.4, -0.2) is 43.6 Å². The van der Waals surface area contributed by atoms with E-state index in [4.69, 9.17) is 10.2 Å². The van der Waals surface area contributed by atoms with Gasteiger partial charge in [-0.3, -0.25) is 0 Å². The molecule has 5 nitrogen and oxygen atoms in total. The fourth-order valence-corrected chi connectivity index (χ4v) is 1.43. The number of likely N-dealkylation sites (N-methyl/N-ethyl adjacent to an activating group) is 1. The molecule has 2 N–H and O–H groups in total. The predicted molar refractivity (Wildman–Crippen MR) is 65.5 cm³/mol. The molecule has 0 fully saturated rings. The predicted octanol–water partition coefficient (Wildman–Crippen LogP) is 0.911. The van der Waals surface area contributed by atoms with Gasteiger partial charge in [0.05, 0.1) is 5.69 Å². The highest BCUT2D eigenvalue weighted by Gasteiger charge is 2.11. The van der Waals surface area contributed by atoms with E-state index in [9.17, 15) is 0 Å². The summed E-state index contributed by atoms with van der Waals surface area (Å²) in [5, 5.41) is 0. The third-order valence-corrected chi connectivity index (χ3v) is 2.33. The first-order valence-corrected chi connectivity index (χ1v) is 5.71.